The van der Waals surface area contributed by atoms with E-state index in [9.17, 15) is 5.11 Å². The van der Waals surface area contributed by atoms with E-state index in [0.29, 0.717) is 12.8 Å². The molecule has 0 aliphatic heterocycles. The Kier molecular flexibility index (Phi) is 8.40. The molecule has 1 unspecified atom stereocenters. The summed E-state index contributed by atoms with van der Waals surface area (Å²) in [5.41, 5.74) is 0. The third kappa shape index (κ3) is 6.02. The fourth-order valence-electron chi connectivity index (χ4n) is 1.44. The molecule has 0 radical (unpaired) electrons. The summed E-state index contributed by atoms with van der Waals surface area (Å²) in [4.78, 5) is 2.08. The van der Waals surface area contributed by atoms with Crippen LogP contribution in [0.3, 0.4) is 0 Å². The van der Waals surface area contributed by atoms with E-state index in [1.807, 2.05) is 0 Å². The topological polar surface area (TPSA) is 43.7 Å². The van der Waals surface area contributed by atoms with Crippen molar-refractivity contribution in [3.05, 3.63) is 0 Å². The van der Waals surface area contributed by atoms with E-state index in [-0.39, 0.29) is 12.8 Å². The second-order valence-electron chi connectivity index (χ2n) is 3.38. The molecule has 2 N–H and O–H groups in total. The molecule has 0 aromatic rings. The highest BCUT2D eigenvalue weighted by Crippen LogP contribution is 2.05. The fourth-order valence-corrected chi connectivity index (χ4v) is 1.44. The minimum absolute atomic E-state index is 0.170. The maximum atomic E-state index is 9.72. The second kappa shape index (κ2) is 8.48. The summed E-state index contributed by atoms with van der Waals surface area (Å²) in [5, 5.41) is 18.3. The van der Waals surface area contributed by atoms with Gasteiger partial charge in [-0.2, -0.15) is 0 Å². The molecule has 0 fully saturated rings. The molecule has 80 valence electrons. The van der Waals surface area contributed by atoms with Gasteiger partial charge in [0.15, 0.2) is 0 Å². The highest BCUT2D eigenvalue weighted by Gasteiger charge is 2.12. The van der Waals surface area contributed by atoms with Crippen LogP contribution in [-0.4, -0.2) is 41.0 Å². The Bertz CT molecular complexity index is 103. The van der Waals surface area contributed by atoms with Crippen LogP contribution in [0.4, 0.5) is 0 Å². The second-order valence-corrected chi connectivity index (χ2v) is 3.38. The van der Waals surface area contributed by atoms with Crippen LogP contribution in [0.2, 0.25) is 0 Å². The number of aliphatic hydroxyl groups excluding tert-OH is 2. The lowest BCUT2D eigenvalue weighted by Gasteiger charge is -2.26. The van der Waals surface area contributed by atoms with E-state index >= 15 is 0 Å². The molecule has 0 rings (SSSR count). The van der Waals surface area contributed by atoms with Crippen LogP contribution in [0.1, 0.15) is 39.5 Å². The number of hydrogen-bond donors (Lipinski definition) is 2. The van der Waals surface area contributed by atoms with Crippen LogP contribution in [0.25, 0.3) is 0 Å². The van der Waals surface area contributed by atoms with Gasteiger partial charge in [0, 0.05) is 19.7 Å². The van der Waals surface area contributed by atoms with Gasteiger partial charge in [-0.15, -0.1) is 0 Å². The van der Waals surface area contributed by atoms with Gasteiger partial charge in [-0.05, 0) is 25.7 Å². The van der Waals surface area contributed by atoms with Gasteiger partial charge in [0.25, 0.3) is 0 Å². The third-order valence-electron chi connectivity index (χ3n) is 2.06. The Hall–Kier alpha value is -0.120. The first-order chi connectivity index (χ1) is 6.26. The first kappa shape index (κ1) is 12.9. The zero-order valence-electron chi connectivity index (χ0n) is 8.87. The van der Waals surface area contributed by atoms with E-state index in [4.69, 9.17) is 5.11 Å². The number of rotatable bonds is 8. The predicted octanol–water partition coefficient (Wildman–Crippen LogP) is 1.20. The monoisotopic (exact) mass is 189 g/mol. The highest BCUT2D eigenvalue weighted by atomic mass is 16.3. The molecule has 0 amide bonds. The molecular weight excluding hydrogens is 166 g/mol. The van der Waals surface area contributed by atoms with E-state index in [0.717, 1.165) is 25.9 Å². The summed E-state index contributed by atoms with van der Waals surface area (Å²) in [5.74, 6) is 0. The van der Waals surface area contributed by atoms with Crippen molar-refractivity contribution in [3.8, 4) is 0 Å². The summed E-state index contributed by atoms with van der Waals surface area (Å²) in [6.07, 6.45) is 3.13. The summed E-state index contributed by atoms with van der Waals surface area (Å²) in [6, 6.07) is 0. The van der Waals surface area contributed by atoms with E-state index < -0.39 is 0 Å². The van der Waals surface area contributed by atoms with Crippen molar-refractivity contribution in [2.45, 2.75) is 45.8 Å². The quantitative estimate of drug-likeness (QED) is 0.564. The number of hydrogen-bond acceptors (Lipinski definition) is 3. The molecule has 1 atom stereocenters. The van der Waals surface area contributed by atoms with Gasteiger partial charge < -0.3 is 10.2 Å². The van der Waals surface area contributed by atoms with Crippen molar-refractivity contribution in [2.24, 2.45) is 0 Å². The normalized spacial score (nSPS) is 13.6. The smallest absolute Gasteiger partial charge is 0.107 e. The molecule has 13 heavy (non-hydrogen) atoms. The maximum absolute atomic E-state index is 9.72. The summed E-state index contributed by atoms with van der Waals surface area (Å²) >= 11 is 0. The van der Waals surface area contributed by atoms with Crippen LogP contribution >= 0.6 is 0 Å². The van der Waals surface area contributed by atoms with Crippen molar-refractivity contribution < 1.29 is 10.2 Å². The molecule has 0 aliphatic rings. The lowest BCUT2D eigenvalue weighted by atomic mass is 10.2. The molecule has 0 saturated carbocycles. The van der Waals surface area contributed by atoms with Gasteiger partial charge in [0.2, 0.25) is 0 Å². The van der Waals surface area contributed by atoms with Gasteiger partial charge in [0.05, 0.1) is 0 Å². The largest absolute Gasteiger partial charge is 0.396 e. The standard InChI is InChI=1S/C10H23NO2/c1-3-7-11(8-4-2)10(13)6-5-9-12/h10,12-13H,3-9H2,1-2H3. The Morgan fingerprint density at radius 2 is 1.69 bits per heavy atom. The van der Waals surface area contributed by atoms with Crippen molar-refractivity contribution in [2.75, 3.05) is 19.7 Å². The van der Waals surface area contributed by atoms with E-state index in [1.165, 1.54) is 0 Å². The molecule has 0 aliphatic carbocycles. The predicted molar refractivity (Wildman–Crippen MR) is 54.5 cm³/mol. The molecule has 3 nitrogen and oxygen atoms in total. The van der Waals surface area contributed by atoms with Crippen LogP contribution in [-0.2, 0) is 0 Å². The van der Waals surface area contributed by atoms with Crippen LogP contribution in [0.5, 0.6) is 0 Å². The van der Waals surface area contributed by atoms with Gasteiger partial charge in [-0.3, -0.25) is 4.90 Å². The zero-order chi connectivity index (χ0) is 10.1. The van der Waals surface area contributed by atoms with Crippen molar-refractivity contribution >= 4 is 0 Å². The van der Waals surface area contributed by atoms with Crippen molar-refractivity contribution in [3.63, 3.8) is 0 Å². The first-order valence-corrected chi connectivity index (χ1v) is 5.29. The summed E-state index contributed by atoms with van der Waals surface area (Å²) in [6.45, 7) is 6.28. The van der Waals surface area contributed by atoms with Crippen molar-refractivity contribution in [1.82, 2.24) is 4.90 Å². The Morgan fingerprint density at radius 3 is 2.08 bits per heavy atom. The average Bonchev–Trinajstić information content (AvgIpc) is 2.14. The Balaban J connectivity index is 3.72. The average molecular weight is 189 g/mol. The van der Waals surface area contributed by atoms with Gasteiger partial charge in [-0.1, -0.05) is 13.8 Å². The van der Waals surface area contributed by atoms with E-state index in [1.54, 1.807) is 0 Å². The van der Waals surface area contributed by atoms with E-state index in [2.05, 4.69) is 18.7 Å². The summed E-state index contributed by atoms with van der Waals surface area (Å²) < 4.78 is 0. The third-order valence-corrected chi connectivity index (χ3v) is 2.06. The Morgan fingerprint density at radius 1 is 1.15 bits per heavy atom. The summed E-state index contributed by atoms with van der Waals surface area (Å²) in [7, 11) is 0. The number of nitrogens with zero attached hydrogens (tertiary/aromatic N) is 1. The molecular formula is C10H23NO2. The highest BCUT2D eigenvalue weighted by molar-refractivity contribution is 4.60. The van der Waals surface area contributed by atoms with Gasteiger partial charge in [-0.25, -0.2) is 0 Å². The molecule has 0 saturated heterocycles. The molecule has 0 aromatic carbocycles. The molecule has 3 heteroatoms. The van der Waals surface area contributed by atoms with Gasteiger partial charge in [0.1, 0.15) is 6.23 Å². The SMILES string of the molecule is CCCN(CCC)C(O)CCCO. The van der Waals surface area contributed by atoms with Crippen LogP contribution in [0.15, 0.2) is 0 Å². The van der Waals surface area contributed by atoms with Gasteiger partial charge >= 0.3 is 0 Å². The van der Waals surface area contributed by atoms with Crippen LogP contribution < -0.4 is 0 Å². The Labute approximate surface area is 81.4 Å². The lowest BCUT2D eigenvalue weighted by molar-refractivity contribution is -0.00638. The minimum Gasteiger partial charge on any atom is -0.396 e. The molecule has 0 heterocycles. The van der Waals surface area contributed by atoms with Crippen molar-refractivity contribution in [1.29, 1.82) is 0 Å². The molecule has 0 spiro atoms. The molecule has 0 bridgehead atoms. The molecule has 0 aromatic heterocycles. The van der Waals surface area contributed by atoms with Crippen LogP contribution in [0, 0.1) is 0 Å². The minimum atomic E-state index is -0.368. The zero-order valence-corrected chi connectivity index (χ0v) is 8.87. The lowest BCUT2D eigenvalue weighted by Crippen LogP contribution is -2.36. The fraction of sp³-hybridized carbons (Fsp3) is 1.00. The first-order valence-electron chi connectivity index (χ1n) is 5.29. The number of aliphatic hydroxyl groups is 2. The maximum Gasteiger partial charge on any atom is 0.107 e.